The minimum Gasteiger partial charge on any atom is -0.389 e. The highest BCUT2D eigenvalue weighted by Crippen LogP contribution is 2.31. The summed E-state index contributed by atoms with van der Waals surface area (Å²) in [4.78, 5) is 2.05. The molecule has 0 radical (unpaired) electrons. The van der Waals surface area contributed by atoms with Crippen molar-refractivity contribution in [3.05, 3.63) is 58.9 Å². The summed E-state index contributed by atoms with van der Waals surface area (Å²) in [6.45, 7) is 2.52. The van der Waals surface area contributed by atoms with Crippen LogP contribution < -0.4 is 10.6 Å². The maximum absolute atomic E-state index is 14.0. The number of benzene rings is 2. The van der Waals surface area contributed by atoms with Crippen molar-refractivity contribution in [1.29, 1.82) is 0 Å². The van der Waals surface area contributed by atoms with E-state index in [1.54, 1.807) is 36.4 Å². The van der Waals surface area contributed by atoms with E-state index in [-0.39, 0.29) is 10.8 Å². The number of hydrogen-bond donors (Lipinski definition) is 1. The fraction of sp³-hybridized carbons (Fsp3) is 0.133. The average molecular weight is 309 g/mol. The summed E-state index contributed by atoms with van der Waals surface area (Å²) >= 11 is 11.0. The van der Waals surface area contributed by atoms with Gasteiger partial charge in [0.1, 0.15) is 10.8 Å². The Morgan fingerprint density at radius 2 is 1.95 bits per heavy atom. The Hall–Kier alpha value is -1.65. The van der Waals surface area contributed by atoms with E-state index in [1.807, 2.05) is 11.8 Å². The standard InChI is InChI=1S/C15H14ClFN2S/c1-2-19(14-6-4-3-5-12(14)17)13-8-7-10(16)9-11(13)15(18)20/h3-9H,2H2,1H3,(H2,18,20). The van der Waals surface area contributed by atoms with Gasteiger partial charge in [0.25, 0.3) is 0 Å². The Morgan fingerprint density at radius 3 is 2.55 bits per heavy atom. The molecule has 0 aliphatic rings. The Morgan fingerprint density at radius 1 is 1.25 bits per heavy atom. The molecule has 20 heavy (non-hydrogen) atoms. The van der Waals surface area contributed by atoms with Gasteiger partial charge in [-0.25, -0.2) is 4.39 Å². The normalized spacial score (nSPS) is 10.3. The van der Waals surface area contributed by atoms with Crippen LogP contribution >= 0.6 is 23.8 Å². The summed E-state index contributed by atoms with van der Waals surface area (Å²) in [6, 6.07) is 11.8. The smallest absolute Gasteiger partial charge is 0.146 e. The lowest BCUT2D eigenvalue weighted by Gasteiger charge is -2.26. The van der Waals surface area contributed by atoms with Gasteiger partial charge in [-0.2, -0.15) is 0 Å². The SMILES string of the molecule is CCN(c1ccccc1F)c1ccc(Cl)cc1C(N)=S. The number of thiocarbonyl (C=S) groups is 1. The highest BCUT2D eigenvalue weighted by molar-refractivity contribution is 7.80. The first kappa shape index (κ1) is 14.8. The first-order valence-electron chi connectivity index (χ1n) is 6.16. The second-order valence-corrected chi connectivity index (χ2v) is 5.10. The molecule has 0 unspecified atom stereocenters. The van der Waals surface area contributed by atoms with Crippen LogP contribution in [0.3, 0.4) is 0 Å². The Kier molecular flexibility index (Phi) is 4.57. The number of halogens is 2. The maximum Gasteiger partial charge on any atom is 0.146 e. The molecule has 5 heteroatoms. The second-order valence-electron chi connectivity index (χ2n) is 4.22. The molecule has 2 aromatic carbocycles. The van der Waals surface area contributed by atoms with Gasteiger partial charge in [-0.05, 0) is 37.3 Å². The minimum atomic E-state index is -0.293. The third-order valence-electron chi connectivity index (χ3n) is 2.97. The quantitative estimate of drug-likeness (QED) is 0.855. The summed E-state index contributed by atoms with van der Waals surface area (Å²) in [6.07, 6.45) is 0. The monoisotopic (exact) mass is 308 g/mol. The zero-order chi connectivity index (χ0) is 14.7. The fourth-order valence-electron chi connectivity index (χ4n) is 2.08. The first-order valence-corrected chi connectivity index (χ1v) is 6.94. The fourth-order valence-corrected chi connectivity index (χ4v) is 2.42. The molecule has 0 amide bonds. The van der Waals surface area contributed by atoms with Crippen LogP contribution in [0, 0.1) is 5.82 Å². The van der Waals surface area contributed by atoms with Crippen molar-refractivity contribution in [2.24, 2.45) is 5.73 Å². The van der Waals surface area contributed by atoms with E-state index in [2.05, 4.69) is 0 Å². The molecule has 0 saturated heterocycles. The van der Waals surface area contributed by atoms with E-state index >= 15 is 0 Å². The van der Waals surface area contributed by atoms with Crippen LogP contribution in [0.1, 0.15) is 12.5 Å². The van der Waals surface area contributed by atoms with Crippen LogP contribution in [0.15, 0.2) is 42.5 Å². The van der Waals surface area contributed by atoms with Crippen LogP contribution in [-0.4, -0.2) is 11.5 Å². The first-order chi connectivity index (χ1) is 9.54. The van der Waals surface area contributed by atoms with Crippen LogP contribution in [-0.2, 0) is 0 Å². The molecule has 0 saturated carbocycles. The molecule has 0 aromatic heterocycles. The van der Waals surface area contributed by atoms with Crippen LogP contribution in [0.2, 0.25) is 5.02 Å². The minimum absolute atomic E-state index is 0.234. The molecule has 0 aliphatic heterocycles. The lowest BCUT2D eigenvalue weighted by atomic mass is 10.1. The van der Waals surface area contributed by atoms with Gasteiger partial charge in [0.05, 0.1) is 11.4 Å². The molecule has 0 aliphatic carbocycles. The van der Waals surface area contributed by atoms with Gasteiger partial charge in [-0.15, -0.1) is 0 Å². The molecule has 2 N–H and O–H groups in total. The molecule has 2 nitrogen and oxygen atoms in total. The molecule has 2 aromatic rings. The molecule has 2 rings (SSSR count). The number of nitrogens with zero attached hydrogens (tertiary/aromatic N) is 1. The second kappa shape index (κ2) is 6.20. The van der Waals surface area contributed by atoms with Gasteiger partial charge in [-0.1, -0.05) is 36.0 Å². The van der Waals surface area contributed by atoms with Crippen LogP contribution in [0.5, 0.6) is 0 Å². The number of para-hydroxylation sites is 1. The van der Waals surface area contributed by atoms with Gasteiger partial charge < -0.3 is 10.6 Å². The van der Waals surface area contributed by atoms with E-state index in [9.17, 15) is 4.39 Å². The molecular formula is C15H14ClFN2S. The predicted molar refractivity (Wildman–Crippen MR) is 86.4 cm³/mol. The predicted octanol–water partition coefficient (Wildman–Crippen LogP) is 4.27. The largest absolute Gasteiger partial charge is 0.389 e. The van der Waals surface area contributed by atoms with E-state index in [0.717, 1.165) is 5.69 Å². The van der Waals surface area contributed by atoms with Crippen molar-refractivity contribution >= 4 is 40.2 Å². The van der Waals surface area contributed by atoms with E-state index in [4.69, 9.17) is 29.6 Å². The van der Waals surface area contributed by atoms with Crippen molar-refractivity contribution in [3.8, 4) is 0 Å². The summed E-state index contributed by atoms with van der Waals surface area (Å²) in [5.74, 6) is -0.293. The Bertz CT molecular complexity index is 646. The van der Waals surface area contributed by atoms with E-state index in [1.165, 1.54) is 6.07 Å². The van der Waals surface area contributed by atoms with Gasteiger partial charge in [-0.3, -0.25) is 0 Å². The topological polar surface area (TPSA) is 29.3 Å². The summed E-state index contributed by atoms with van der Waals surface area (Å²) in [5, 5.41) is 0.543. The molecule has 0 fully saturated rings. The average Bonchev–Trinajstić information content (AvgIpc) is 2.42. The van der Waals surface area contributed by atoms with E-state index < -0.39 is 0 Å². The summed E-state index contributed by atoms with van der Waals surface area (Å²) < 4.78 is 14.0. The van der Waals surface area contributed by atoms with Gasteiger partial charge in [0.15, 0.2) is 0 Å². The van der Waals surface area contributed by atoms with Crippen LogP contribution in [0.4, 0.5) is 15.8 Å². The third-order valence-corrected chi connectivity index (χ3v) is 3.43. The molecule has 0 heterocycles. The maximum atomic E-state index is 14.0. The van der Waals surface area contributed by atoms with E-state index in [0.29, 0.717) is 22.8 Å². The molecular weight excluding hydrogens is 295 g/mol. The summed E-state index contributed by atoms with van der Waals surface area (Å²) in [5.41, 5.74) is 7.61. The Balaban J connectivity index is 2.58. The van der Waals surface area contributed by atoms with Gasteiger partial charge in [0, 0.05) is 17.1 Å². The molecule has 0 spiro atoms. The Labute approximate surface area is 128 Å². The van der Waals surface area contributed by atoms with Crippen molar-refractivity contribution < 1.29 is 4.39 Å². The number of anilines is 2. The third kappa shape index (κ3) is 2.92. The summed E-state index contributed by atoms with van der Waals surface area (Å²) in [7, 11) is 0. The number of rotatable bonds is 4. The zero-order valence-corrected chi connectivity index (χ0v) is 12.5. The van der Waals surface area contributed by atoms with Gasteiger partial charge >= 0.3 is 0 Å². The lowest BCUT2D eigenvalue weighted by molar-refractivity contribution is 0.625. The van der Waals surface area contributed by atoms with Crippen molar-refractivity contribution in [3.63, 3.8) is 0 Å². The van der Waals surface area contributed by atoms with Crippen LogP contribution in [0.25, 0.3) is 0 Å². The van der Waals surface area contributed by atoms with Gasteiger partial charge in [0.2, 0.25) is 0 Å². The lowest BCUT2D eigenvalue weighted by Crippen LogP contribution is -2.22. The molecule has 104 valence electrons. The van der Waals surface area contributed by atoms with Crippen molar-refractivity contribution in [1.82, 2.24) is 0 Å². The highest BCUT2D eigenvalue weighted by atomic mass is 35.5. The van der Waals surface area contributed by atoms with Crippen molar-refractivity contribution in [2.45, 2.75) is 6.92 Å². The number of nitrogens with two attached hydrogens (primary N) is 1. The van der Waals surface area contributed by atoms with Crippen molar-refractivity contribution in [2.75, 3.05) is 11.4 Å². The zero-order valence-electron chi connectivity index (χ0n) is 10.9. The number of hydrogen-bond acceptors (Lipinski definition) is 2. The molecule has 0 bridgehead atoms. The highest BCUT2D eigenvalue weighted by Gasteiger charge is 2.16. The molecule has 0 atom stereocenters.